The molecule has 0 bridgehead atoms. The average molecular weight is 357 g/mol. The van der Waals surface area contributed by atoms with Crippen molar-refractivity contribution in [1.29, 1.82) is 0 Å². The van der Waals surface area contributed by atoms with Crippen LogP contribution < -0.4 is 5.73 Å². The quantitative estimate of drug-likeness (QED) is 0.760. The summed E-state index contributed by atoms with van der Waals surface area (Å²) in [6.07, 6.45) is 8.08. The van der Waals surface area contributed by atoms with E-state index in [1.165, 1.54) is 6.42 Å². The van der Waals surface area contributed by atoms with Gasteiger partial charge in [-0.1, -0.05) is 49.6 Å². The van der Waals surface area contributed by atoms with Gasteiger partial charge in [0, 0.05) is 32.0 Å². The van der Waals surface area contributed by atoms with E-state index in [-0.39, 0.29) is 5.92 Å². The summed E-state index contributed by atoms with van der Waals surface area (Å²) >= 11 is 0. The Bertz CT molecular complexity index is 667. The van der Waals surface area contributed by atoms with Gasteiger partial charge in [-0.05, 0) is 25.5 Å². The normalized spacial score (nSPS) is 18.2. The SMILES string of the molecule is CN(CCN)CCc1cnc(C(O)(c2ccccc2)C2CCCCC2)o1. The Morgan fingerprint density at radius 1 is 1.19 bits per heavy atom. The van der Waals surface area contributed by atoms with E-state index in [2.05, 4.69) is 9.88 Å². The molecule has 1 heterocycles. The zero-order valence-electron chi connectivity index (χ0n) is 15.7. The van der Waals surface area contributed by atoms with Crippen LogP contribution in [0.3, 0.4) is 0 Å². The topological polar surface area (TPSA) is 75.5 Å². The van der Waals surface area contributed by atoms with Crippen LogP contribution in [0, 0.1) is 5.92 Å². The Kier molecular flexibility index (Phi) is 6.46. The smallest absolute Gasteiger partial charge is 0.231 e. The third kappa shape index (κ3) is 4.17. The maximum absolute atomic E-state index is 11.8. The first kappa shape index (κ1) is 19.1. The molecule has 1 aromatic heterocycles. The fourth-order valence-corrected chi connectivity index (χ4v) is 3.98. The monoisotopic (exact) mass is 357 g/mol. The lowest BCUT2D eigenvalue weighted by Gasteiger charge is -2.36. The van der Waals surface area contributed by atoms with Gasteiger partial charge in [-0.3, -0.25) is 0 Å². The number of aliphatic hydroxyl groups is 1. The molecule has 2 aromatic rings. The van der Waals surface area contributed by atoms with Gasteiger partial charge >= 0.3 is 0 Å². The van der Waals surface area contributed by atoms with Crippen LogP contribution in [0.4, 0.5) is 0 Å². The third-order valence-electron chi connectivity index (χ3n) is 5.54. The number of nitrogens with zero attached hydrogens (tertiary/aromatic N) is 2. The third-order valence-corrected chi connectivity index (χ3v) is 5.54. The Balaban J connectivity index is 1.83. The van der Waals surface area contributed by atoms with Gasteiger partial charge in [0.1, 0.15) is 5.76 Å². The number of hydrogen-bond donors (Lipinski definition) is 2. The minimum absolute atomic E-state index is 0.144. The van der Waals surface area contributed by atoms with E-state index in [1.54, 1.807) is 6.20 Å². The zero-order valence-corrected chi connectivity index (χ0v) is 15.7. The molecule has 1 fully saturated rings. The van der Waals surface area contributed by atoms with Gasteiger partial charge < -0.3 is 20.2 Å². The molecule has 142 valence electrons. The predicted octanol–water partition coefficient (Wildman–Crippen LogP) is 2.92. The molecule has 1 aliphatic rings. The van der Waals surface area contributed by atoms with Crippen LogP contribution >= 0.6 is 0 Å². The maximum Gasteiger partial charge on any atom is 0.231 e. The summed E-state index contributed by atoms with van der Waals surface area (Å²) < 4.78 is 6.07. The molecule has 5 heteroatoms. The molecule has 0 saturated heterocycles. The fraction of sp³-hybridized carbons (Fsp3) is 0.571. The van der Waals surface area contributed by atoms with Crippen molar-refractivity contribution in [2.75, 3.05) is 26.7 Å². The highest BCUT2D eigenvalue weighted by Gasteiger charge is 2.44. The summed E-state index contributed by atoms with van der Waals surface area (Å²) in [5, 5.41) is 11.8. The highest BCUT2D eigenvalue weighted by molar-refractivity contribution is 5.30. The van der Waals surface area contributed by atoms with E-state index in [0.29, 0.717) is 12.4 Å². The number of oxazole rings is 1. The molecule has 1 aliphatic carbocycles. The summed E-state index contributed by atoms with van der Waals surface area (Å²) in [7, 11) is 2.05. The largest absolute Gasteiger partial charge is 0.442 e. The number of benzene rings is 1. The van der Waals surface area contributed by atoms with E-state index in [0.717, 1.165) is 56.5 Å². The van der Waals surface area contributed by atoms with E-state index in [4.69, 9.17) is 10.2 Å². The number of rotatable bonds is 8. The van der Waals surface area contributed by atoms with Crippen LogP contribution in [0.15, 0.2) is 40.9 Å². The van der Waals surface area contributed by atoms with Gasteiger partial charge in [-0.15, -0.1) is 0 Å². The Morgan fingerprint density at radius 2 is 1.92 bits per heavy atom. The van der Waals surface area contributed by atoms with Crippen molar-refractivity contribution in [3.8, 4) is 0 Å². The van der Waals surface area contributed by atoms with Crippen LogP contribution in [0.2, 0.25) is 0 Å². The molecule has 1 unspecified atom stereocenters. The van der Waals surface area contributed by atoms with Gasteiger partial charge in [-0.2, -0.15) is 0 Å². The first-order valence-corrected chi connectivity index (χ1v) is 9.76. The minimum atomic E-state index is -1.15. The molecule has 0 radical (unpaired) electrons. The summed E-state index contributed by atoms with van der Waals surface area (Å²) in [5.41, 5.74) is 5.32. The standard InChI is InChI=1S/C21H31N3O2/c1-24(15-13-22)14-12-19-16-23-20(26-19)21(25,17-8-4-2-5-9-17)18-10-6-3-7-11-18/h2,4-5,8-9,16,18,25H,3,6-7,10-15,22H2,1H3. The molecule has 1 atom stereocenters. The highest BCUT2D eigenvalue weighted by Crippen LogP contribution is 2.43. The van der Waals surface area contributed by atoms with E-state index < -0.39 is 5.60 Å². The predicted molar refractivity (Wildman–Crippen MR) is 103 cm³/mol. The van der Waals surface area contributed by atoms with Crippen molar-refractivity contribution in [3.05, 3.63) is 53.7 Å². The van der Waals surface area contributed by atoms with Crippen molar-refractivity contribution < 1.29 is 9.52 Å². The van der Waals surface area contributed by atoms with Crippen molar-refractivity contribution >= 4 is 0 Å². The molecule has 1 saturated carbocycles. The van der Waals surface area contributed by atoms with Crippen molar-refractivity contribution in [2.24, 2.45) is 11.7 Å². The first-order valence-electron chi connectivity index (χ1n) is 9.76. The van der Waals surface area contributed by atoms with Gasteiger partial charge in [0.05, 0.1) is 6.20 Å². The fourth-order valence-electron chi connectivity index (χ4n) is 3.98. The van der Waals surface area contributed by atoms with E-state index >= 15 is 0 Å². The number of nitrogens with two attached hydrogens (primary N) is 1. The van der Waals surface area contributed by atoms with Crippen molar-refractivity contribution in [3.63, 3.8) is 0 Å². The highest BCUT2D eigenvalue weighted by atomic mass is 16.4. The van der Waals surface area contributed by atoms with Gasteiger partial charge in [0.25, 0.3) is 0 Å². The second kappa shape index (κ2) is 8.80. The second-order valence-corrected chi connectivity index (χ2v) is 7.44. The van der Waals surface area contributed by atoms with E-state index in [9.17, 15) is 5.11 Å². The molecule has 0 aliphatic heterocycles. The van der Waals surface area contributed by atoms with Crippen LogP contribution in [0.5, 0.6) is 0 Å². The first-order chi connectivity index (χ1) is 12.6. The zero-order chi connectivity index (χ0) is 18.4. The summed E-state index contributed by atoms with van der Waals surface area (Å²) in [4.78, 5) is 6.68. The molecular weight excluding hydrogens is 326 g/mol. The summed E-state index contributed by atoms with van der Waals surface area (Å²) in [6, 6.07) is 9.86. The number of aromatic nitrogens is 1. The second-order valence-electron chi connectivity index (χ2n) is 7.44. The molecule has 0 amide bonds. The van der Waals surface area contributed by atoms with E-state index in [1.807, 2.05) is 37.4 Å². The van der Waals surface area contributed by atoms with Crippen LogP contribution in [-0.4, -0.2) is 41.7 Å². The minimum Gasteiger partial charge on any atom is -0.442 e. The average Bonchev–Trinajstić information content (AvgIpc) is 3.17. The maximum atomic E-state index is 11.8. The summed E-state index contributed by atoms with van der Waals surface area (Å²) in [5.74, 6) is 1.39. The molecule has 26 heavy (non-hydrogen) atoms. The Hall–Kier alpha value is -1.69. The Morgan fingerprint density at radius 3 is 2.62 bits per heavy atom. The Labute approximate surface area is 156 Å². The molecule has 5 nitrogen and oxygen atoms in total. The number of likely N-dealkylation sites (N-methyl/N-ethyl adjacent to an activating group) is 1. The lowest BCUT2D eigenvalue weighted by atomic mass is 9.73. The molecule has 0 spiro atoms. The lowest BCUT2D eigenvalue weighted by molar-refractivity contribution is -0.0239. The van der Waals surface area contributed by atoms with Crippen LogP contribution in [0.1, 0.15) is 49.3 Å². The molecule has 3 rings (SSSR count). The van der Waals surface area contributed by atoms with Crippen molar-refractivity contribution in [2.45, 2.75) is 44.1 Å². The van der Waals surface area contributed by atoms with Crippen LogP contribution in [0.25, 0.3) is 0 Å². The summed E-state index contributed by atoms with van der Waals surface area (Å²) in [6.45, 7) is 2.36. The molecule has 1 aromatic carbocycles. The molecular formula is C21H31N3O2. The lowest BCUT2D eigenvalue weighted by Crippen LogP contribution is -2.38. The van der Waals surface area contributed by atoms with Gasteiger partial charge in [-0.25, -0.2) is 4.98 Å². The van der Waals surface area contributed by atoms with Gasteiger partial charge in [0.15, 0.2) is 5.60 Å². The van der Waals surface area contributed by atoms with Crippen LogP contribution in [-0.2, 0) is 12.0 Å². The van der Waals surface area contributed by atoms with Gasteiger partial charge in [0.2, 0.25) is 5.89 Å². The number of hydrogen-bond acceptors (Lipinski definition) is 5. The van der Waals surface area contributed by atoms with Crippen molar-refractivity contribution in [1.82, 2.24) is 9.88 Å². The molecule has 3 N–H and O–H groups in total.